The van der Waals surface area contributed by atoms with Crippen LogP contribution in [0.3, 0.4) is 0 Å². The van der Waals surface area contributed by atoms with Crippen molar-refractivity contribution in [2.75, 3.05) is 5.32 Å². The molecule has 0 fully saturated rings. The topological polar surface area (TPSA) is 71.3 Å². The summed E-state index contributed by atoms with van der Waals surface area (Å²) < 4.78 is 5.30. The van der Waals surface area contributed by atoms with E-state index in [2.05, 4.69) is 10.6 Å². The van der Waals surface area contributed by atoms with E-state index in [1.807, 2.05) is 48.5 Å². The molecule has 4 aromatic rings. The van der Waals surface area contributed by atoms with Crippen LogP contribution in [0.5, 0.6) is 0 Å². The van der Waals surface area contributed by atoms with Gasteiger partial charge in [-0.2, -0.15) is 0 Å². The number of nitrogens with one attached hydrogen (secondary N) is 2. The summed E-state index contributed by atoms with van der Waals surface area (Å²) >= 11 is 0. The van der Waals surface area contributed by atoms with E-state index in [4.69, 9.17) is 4.42 Å². The molecule has 0 atom stereocenters. The van der Waals surface area contributed by atoms with E-state index in [0.29, 0.717) is 17.0 Å². The van der Waals surface area contributed by atoms with Crippen LogP contribution in [0.15, 0.2) is 101 Å². The number of carbonyl (C=O) groups excluding carboxylic acids is 2. The molecule has 0 unspecified atom stereocenters. The molecule has 142 valence electrons. The molecular weight excluding hydrogens is 364 g/mol. The minimum atomic E-state index is -0.444. The number of furan rings is 1. The molecule has 0 aliphatic rings. The number of benzene rings is 3. The van der Waals surface area contributed by atoms with Crippen LogP contribution < -0.4 is 10.6 Å². The Kier molecular flexibility index (Phi) is 5.21. The van der Waals surface area contributed by atoms with Crippen molar-refractivity contribution in [1.82, 2.24) is 5.32 Å². The Hall–Kier alpha value is -4.12. The first-order chi connectivity index (χ1) is 14.2. The van der Waals surface area contributed by atoms with Crippen LogP contribution >= 0.6 is 0 Å². The summed E-state index contributed by atoms with van der Waals surface area (Å²) in [6.45, 7) is 0. The van der Waals surface area contributed by atoms with Crippen molar-refractivity contribution in [1.29, 1.82) is 0 Å². The second-order valence-corrected chi connectivity index (χ2v) is 6.41. The van der Waals surface area contributed by atoms with E-state index in [-0.39, 0.29) is 11.6 Å². The molecule has 0 saturated carbocycles. The molecule has 2 N–H and O–H groups in total. The first-order valence-electron chi connectivity index (χ1n) is 9.11. The van der Waals surface area contributed by atoms with Crippen LogP contribution in [-0.4, -0.2) is 11.8 Å². The van der Waals surface area contributed by atoms with E-state index in [9.17, 15) is 9.59 Å². The molecule has 5 heteroatoms. The molecule has 0 aliphatic heterocycles. The van der Waals surface area contributed by atoms with Gasteiger partial charge >= 0.3 is 0 Å². The highest BCUT2D eigenvalue weighted by atomic mass is 16.3. The van der Waals surface area contributed by atoms with Gasteiger partial charge in [-0.25, -0.2) is 0 Å². The minimum Gasteiger partial charge on any atom is -0.465 e. The zero-order valence-electron chi connectivity index (χ0n) is 15.5. The van der Waals surface area contributed by atoms with E-state index in [0.717, 1.165) is 10.8 Å². The van der Waals surface area contributed by atoms with E-state index < -0.39 is 5.91 Å². The summed E-state index contributed by atoms with van der Waals surface area (Å²) in [4.78, 5) is 25.5. The second kappa shape index (κ2) is 8.27. The lowest BCUT2D eigenvalue weighted by Crippen LogP contribution is -2.30. The van der Waals surface area contributed by atoms with Crippen molar-refractivity contribution >= 4 is 34.4 Å². The summed E-state index contributed by atoms with van der Waals surface area (Å²) in [6, 6.07) is 25.7. The van der Waals surface area contributed by atoms with Gasteiger partial charge in [-0.3, -0.25) is 9.59 Å². The number of rotatable bonds is 5. The first kappa shape index (κ1) is 18.3. The molecule has 1 heterocycles. The number of hydrogen-bond acceptors (Lipinski definition) is 3. The zero-order valence-corrected chi connectivity index (χ0v) is 15.5. The van der Waals surface area contributed by atoms with Gasteiger partial charge < -0.3 is 15.1 Å². The minimum absolute atomic E-state index is 0.0851. The number of anilines is 1. The molecule has 0 saturated heterocycles. The Bertz CT molecular complexity index is 1180. The monoisotopic (exact) mass is 382 g/mol. The molecule has 0 aliphatic carbocycles. The summed E-state index contributed by atoms with van der Waals surface area (Å²) in [5.74, 6) is -0.361. The SMILES string of the molecule is O=C(Nc1ccc2ccccc2c1)/C(=C\c1ccco1)NC(=O)c1ccccc1. The summed E-state index contributed by atoms with van der Waals surface area (Å²) in [6.07, 6.45) is 3.00. The Morgan fingerprint density at radius 1 is 0.793 bits per heavy atom. The maximum Gasteiger partial charge on any atom is 0.272 e. The number of fused-ring (bicyclic) bond motifs is 1. The quantitative estimate of drug-likeness (QED) is 0.485. The van der Waals surface area contributed by atoms with Crippen molar-refractivity contribution < 1.29 is 14.0 Å². The summed E-state index contributed by atoms with van der Waals surface area (Å²) in [7, 11) is 0. The fourth-order valence-corrected chi connectivity index (χ4v) is 2.92. The maximum absolute atomic E-state index is 12.9. The maximum atomic E-state index is 12.9. The normalized spacial score (nSPS) is 11.2. The average Bonchev–Trinajstić information content (AvgIpc) is 3.27. The van der Waals surface area contributed by atoms with Crippen LogP contribution in [0, 0.1) is 0 Å². The van der Waals surface area contributed by atoms with Crippen molar-refractivity contribution in [3.05, 3.63) is 108 Å². The number of hydrogen-bond donors (Lipinski definition) is 2. The highest BCUT2D eigenvalue weighted by Gasteiger charge is 2.15. The summed E-state index contributed by atoms with van der Waals surface area (Å²) in [5, 5.41) is 7.61. The van der Waals surface area contributed by atoms with Gasteiger partial charge in [-0.15, -0.1) is 0 Å². The van der Waals surface area contributed by atoms with Crippen molar-refractivity contribution in [3.63, 3.8) is 0 Å². The van der Waals surface area contributed by atoms with Crippen LogP contribution in [0.25, 0.3) is 16.8 Å². The molecule has 0 spiro atoms. The lowest BCUT2D eigenvalue weighted by Gasteiger charge is -2.11. The lowest BCUT2D eigenvalue weighted by atomic mass is 10.1. The summed E-state index contributed by atoms with van der Waals surface area (Å²) in [5.41, 5.74) is 1.17. The Labute approximate surface area is 167 Å². The fourth-order valence-electron chi connectivity index (χ4n) is 2.92. The predicted molar refractivity (Wildman–Crippen MR) is 113 cm³/mol. The lowest BCUT2D eigenvalue weighted by molar-refractivity contribution is -0.113. The number of amides is 2. The highest BCUT2D eigenvalue weighted by molar-refractivity contribution is 6.11. The van der Waals surface area contributed by atoms with Gasteiger partial charge in [0.2, 0.25) is 0 Å². The smallest absolute Gasteiger partial charge is 0.272 e. The fraction of sp³-hybridized carbons (Fsp3) is 0. The van der Waals surface area contributed by atoms with Crippen LogP contribution in [-0.2, 0) is 4.79 Å². The molecule has 3 aromatic carbocycles. The molecule has 1 aromatic heterocycles. The van der Waals surface area contributed by atoms with Gasteiger partial charge in [0.15, 0.2) is 0 Å². The van der Waals surface area contributed by atoms with Crippen molar-refractivity contribution in [2.45, 2.75) is 0 Å². The van der Waals surface area contributed by atoms with Gasteiger partial charge in [0, 0.05) is 17.3 Å². The van der Waals surface area contributed by atoms with Crippen LogP contribution in [0.4, 0.5) is 5.69 Å². The highest BCUT2D eigenvalue weighted by Crippen LogP contribution is 2.19. The second-order valence-electron chi connectivity index (χ2n) is 6.41. The predicted octanol–water partition coefficient (Wildman–Crippen LogP) is 4.84. The molecule has 2 amide bonds. The first-order valence-corrected chi connectivity index (χ1v) is 9.11. The Balaban J connectivity index is 1.59. The van der Waals surface area contributed by atoms with E-state index in [1.165, 1.54) is 12.3 Å². The third-order valence-electron chi connectivity index (χ3n) is 4.37. The molecule has 4 rings (SSSR count). The molecular formula is C24H18N2O3. The molecule has 0 radical (unpaired) electrons. The van der Waals surface area contributed by atoms with E-state index in [1.54, 1.807) is 36.4 Å². The molecule has 0 bridgehead atoms. The standard InChI is InChI=1S/C24H18N2O3/c27-23(18-8-2-1-3-9-18)26-22(16-21-11-6-14-29-21)24(28)25-20-13-12-17-7-4-5-10-19(17)15-20/h1-16H,(H,25,28)(H,26,27)/b22-16+. The van der Waals surface area contributed by atoms with Gasteiger partial charge in [0.05, 0.1) is 6.26 Å². The Morgan fingerprint density at radius 2 is 1.55 bits per heavy atom. The van der Waals surface area contributed by atoms with Gasteiger partial charge in [-0.05, 0) is 47.2 Å². The van der Waals surface area contributed by atoms with Crippen LogP contribution in [0.2, 0.25) is 0 Å². The Morgan fingerprint density at radius 3 is 2.31 bits per heavy atom. The largest absolute Gasteiger partial charge is 0.465 e. The molecule has 5 nitrogen and oxygen atoms in total. The van der Waals surface area contributed by atoms with E-state index >= 15 is 0 Å². The van der Waals surface area contributed by atoms with Gasteiger partial charge in [0.25, 0.3) is 11.8 Å². The van der Waals surface area contributed by atoms with Crippen molar-refractivity contribution in [3.8, 4) is 0 Å². The zero-order chi connectivity index (χ0) is 20.1. The third-order valence-corrected chi connectivity index (χ3v) is 4.37. The van der Waals surface area contributed by atoms with Crippen LogP contribution in [0.1, 0.15) is 16.1 Å². The van der Waals surface area contributed by atoms with Gasteiger partial charge in [-0.1, -0.05) is 48.5 Å². The molecule has 29 heavy (non-hydrogen) atoms. The van der Waals surface area contributed by atoms with Gasteiger partial charge in [0.1, 0.15) is 11.5 Å². The van der Waals surface area contributed by atoms with Crippen molar-refractivity contribution in [2.24, 2.45) is 0 Å². The number of carbonyl (C=O) groups is 2. The third kappa shape index (κ3) is 4.42. The average molecular weight is 382 g/mol.